The molecule has 0 spiro atoms. The number of nitrogens with zero attached hydrogens (tertiary/aromatic N) is 4. The number of nitrogens with two attached hydrogens (primary N) is 1. The molecule has 2 aromatic rings. The van der Waals surface area contributed by atoms with Gasteiger partial charge in [0.05, 0.1) is 13.2 Å². The second-order valence-corrected chi connectivity index (χ2v) is 6.46. The fourth-order valence-corrected chi connectivity index (χ4v) is 3.22. The third-order valence-electron chi connectivity index (χ3n) is 3.65. The van der Waals surface area contributed by atoms with E-state index in [1.54, 1.807) is 18.9 Å². The maximum atomic E-state index is 5.64. The Balaban J connectivity index is 2.48. The molecular weight excluding hydrogens is 310 g/mol. The van der Waals surface area contributed by atoms with Crippen molar-refractivity contribution in [1.82, 2.24) is 19.7 Å². The largest absolute Gasteiger partial charge is 0.497 e. The molecule has 0 aliphatic carbocycles. The highest BCUT2D eigenvalue weighted by Gasteiger charge is 2.22. The van der Waals surface area contributed by atoms with Crippen molar-refractivity contribution < 1.29 is 4.74 Å². The second-order valence-electron chi connectivity index (χ2n) is 5.40. The molecule has 0 bridgehead atoms. The number of hydrogen-bond donors (Lipinski definition) is 1. The van der Waals surface area contributed by atoms with E-state index in [2.05, 4.69) is 40.7 Å². The Morgan fingerprint density at radius 3 is 2.48 bits per heavy atom. The van der Waals surface area contributed by atoms with E-state index in [0.29, 0.717) is 6.54 Å². The molecule has 0 unspecified atom stereocenters. The number of methoxy groups -OCH3 is 1. The van der Waals surface area contributed by atoms with Crippen molar-refractivity contribution in [2.45, 2.75) is 24.5 Å². The predicted octanol–water partition coefficient (Wildman–Crippen LogP) is 2.34. The van der Waals surface area contributed by atoms with Crippen molar-refractivity contribution in [1.29, 1.82) is 0 Å². The van der Waals surface area contributed by atoms with Gasteiger partial charge in [0.2, 0.25) is 0 Å². The van der Waals surface area contributed by atoms with E-state index in [0.717, 1.165) is 34.6 Å². The number of aromatic nitrogens is 3. The van der Waals surface area contributed by atoms with E-state index in [-0.39, 0.29) is 6.04 Å². The van der Waals surface area contributed by atoms with Crippen LogP contribution in [0.15, 0.2) is 29.4 Å². The van der Waals surface area contributed by atoms with Crippen LogP contribution in [-0.2, 0) is 0 Å². The van der Waals surface area contributed by atoms with Gasteiger partial charge in [0.25, 0.3) is 0 Å². The molecule has 2 N–H and O–H groups in total. The smallest absolute Gasteiger partial charge is 0.195 e. The molecule has 0 radical (unpaired) electrons. The van der Waals surface area contributed by atoms with E-state index in [9.17, 15) is 0 Å². The lowest BCUT2D eigenvalue weighted by molar-refractivity contribution is 0.276. The van der Waals surface area contributed by atoms with E-state index < -0.39 is 0 Å². The third kappa shape index (κ3) is 4.04. The molecule has 2 rings (SSSR count). The monoisotopic (exact) mass is 335 g/mol. The quantitative estimate of drug-likeness (QED) is 0.747. The molecule has 1 atom stereocenters. The highest BCUT2D eigenvalue weighted by atomic mass is 32.2. The van der Waals surface area contributed by atoms with Gasteiger partial charge in [-0.05, 0) is 44.8 Å². The molecule has 0 saturated heterocycles. The van der Waals surface area contributed by atoms with Gasteiger partial charge in [-0.2, -0.15) is 0 Å². The highest BCUT2D eigenvalue weighted by Crippen LogP contribution is 2.29. The molecular formula is C16H25N5OS. The summed E-state index contributed by atoms with van der Waals surface area (Å²) < 4.78 is 7.37. The molecule has 7 heteroatoms. The SMILES string of the molecule is CC[C@@H](c1nnc(SCCN)n1-c1ccc(OC)cc1)N(C)C. The zero-order valence-corrected chi connectivity index (χ0v) is 15.0. The van der Waals surface area contributed by atoms with Crippen LogP contribution in [0.2, 0.25) is 0 Å². The first-order valence-corrected chi connectivity index (χ1v) is 8.70. The van der Waals surface area contributed by atoms with Crippen LogP contribution >= 0.6 is 11.8 Å². The van der Waals surface area contributed by atoms with Crippen LogP contribution in [0.1, 0.15) is 25.2 Å². The lowest BCUT2D eigenvalue weighted by Crippen LogP contribution is -2.22. The molecule has 126 valence electrons. The molecule has 23 heavy (non-hydrogen) atoms. The Labute approximate surface area is 142 Å². The summed E-state index contributed by atoms with van der Waals surface area (Å²) in [5.74, 6) is 2.59. The Hall–Kier alpha value is -1.57. The molecule has 1 aromatic heterocycles. The van der Waals surface area contributed by atoms with Crippen molar-refractivity contribution in [2.24, 2.45) is 5.73 Å². The first-order valence-electron chi connectivity index (χ1n) is 7.71. The van der Waals surface area contributed by atoms with Crippen LogP contribution in [0.5, 0.6) is 5.75 Å². The molecule has 1 heterocycles. The predicted molar refractivity (Wildman–Crippen MR) is 94.4 cm³/mol. The van der Waals surface area contributed by atoms with Crippen LogP contribution in [0.4, 0.5) is 0 Å². The first-order chi connectivity index (χ1) is 11.1. The molecule has 1 aromatic carbocycles. The zero-order valence-electron chi connectivity index (χ0n) is 14.2. The second kappa shape index (κ2) is 8.33. The Kier molecular flexibility index (Phi) is 6.44. The summed E-state index contributed by atoms with van der Waals surface area (Å²) in [4.78, 5) is 2.17. The molecule has 0 amide bonds. The lowest BCUT2D eigenvalue weighted by Gasteiger charge is -2.23. The van der Waals surface area contributed by atoms with Crippen LogP contribution in [0, 0.1) is 0 Å². The van der Waals surface area contributed by atoms with Gasteiger partial charge in [-0.1, -0.05) is 18.7 Å². The van der Waals surface area contributed by atoms with Gasteiger partial charge >= 0.3 is 0 Å². The van der Waals surface area contributed by atoms with Gasteiger partial charge in [0.15, 0.2) is 11.0 Å². The number of ether oxygens (including phenoxy) is 1. The van der Waals surface area contributed by atoms with Gasteiger partial charge in [-0.3, -0.25) is 9.47 Å². The Bertz CT molecular complexity index is 611. The highest BCUT2D eigenvalue weighted by molar-refractivity contribution is 7.99. The van der Waals surface area contributed by atoms with Crippen molar-refractivity contribution in [3.8, 4) is 11.4 Å². The van der Waals surface area contributed by atoms with Crippen molar-refractivity contribution in [3.05, 3.63) is 30.1 Å². The average Bonchev–Trinajstić information content (AvgIpc) is 2.97. The van der Waals surface area contributed by atoms with Crippen LogP contribution in [0.25, 0.3) is 5.69 Å². The minimum absolute atomic E-state index is 0.205. The normalized spacial score (nSPS) is 12.6. The molecule has 0 aliphatic heterocycles. The molecule has 0 aliphatic rings. The molecule has 0 fully saturated rings. The summed E-state index contributed by atoms with van der Waals surface area (Å²) in [5, 5.41) is 9.72. The number of benzene rings is 1. The molecule has 6 nitrogen and oxygen atoms in total. The fourth-order valence-electron chi connectivity index (χ4n) is 2.49. The average molecular weight is 335 g/mol. The van der Waals surface area contributed by atoms with Gasteiger partial charge < -0.3 is 10.5 Å². The van der Waals surface area contributed by atoms with Crippen molar-refractivity contribution in [2.75, 3.05) is 33.5 Å². The standard InChI is InChI=1S/C16H25N5OS/c1-5-14(20(2)3)15-18-19-16(23-11-10-17)21(15)12-6-8-13(22-4)9-7-12/h6-9,14H,5,10-11,17H2,1-4H3/t14-/m0/s1. The van der Waals surface area contributed by atoms with Crippen LogP contribution in [0.3, 0.4) is 0 Å². The van der Waals surface area contributed by atoms with E-state index in [1.165, 1.54) is 0 Å². The fraction of sp³-hybridized carbons (Fsp3) is 0.500. The van der Waals surface area contributed by atoms with Crippen molar-refractivity contribution in [3.63, 3.8) is 0 Å². The molecule has 0 saturated carbocycles. The maximum absolute atomic E-state index is 5.64. The number of thioether (sulfide) groups is 1. The van der Waals surface area contributed by atoms with E-state index >= 15 is 0 Å². The minimum Gasteiger partial charge on any atom is -0.497 e. The zero-order chi connectivity index (χ0) is 16.8. The summed E-state index contributed by atoms with van der Waals surface area (Å²) in [6.45, 7) is 2.77. The van der Waals surface area contributed by atoms with E-state index in [4.69, 9.17) is 10.5 Å². The van der Waals surface area contributed by atoms with Gasteiger partial charge in [0.1, 0.15) is 5.75 Å². The summed E-state index contributed by atoms with van der Waals surface area (Å²) in [5.41, 5.74) is 6.67. The Morgan fingerprint density at radius 2 is 1.96 bits per heavy atom. The summed E-state index contributed by atoms with van der Waals surface area (Å²) in [6.07, 6.45) is 0.961. The van der Waals surface area contributed by atoms with Crippen LogP contribution in [-0.4, -0.2) is 53.2 Å². The first kappa shape index (κ1) is 17.8. The number of rotatable bonds is 8. The summed E-state index contributed by atoms with van der Waals surface area (Å²) in [7, 11) is 5.79. The lowest BCUT2D eigenvalue weighted by atomic mass is 10.2. The van der Waals surface area contributed by atoms with Gasteiger partial charge in [-0.25, -0.2) is 0 Å². The minimum atomic E-state index is 0.205. The van der Waals surface area contributed by atoms with Crippen molar-refractivity contribution >= 4 is 11.8 Å². The third-order valence-corrected chi connectivity index (χ3v) is 4.61. The van der Waals surface area contributed by atoms with Gasteiger partial charge in [0, 0.05) is 18.0 Å². The van der Waals surface area contributed by atoms with Crippen LogP contribution < -0.4 is 10.5 Å². The van der Waals surface area contributed by atoms with E-state index in [1.807, 2.05) is 24.3 Å². The van der Waals surface area contributed by atoms with Gasteiger partial charge in [-0.15, -0.1) is 10.2 Å². The Morgan fingerprint density at radius 1 is 1.26 bits per heavy atom. The summed E-state index contributed by atoms with van der Waals surface area (Å²) in [6, 6.07) is 8.17. The maximum Gasteiger partial charge on any atom is 0.195 e. The number of hydrogen-bond acceptors (Lipinski definition) is 6. The topological polar surface area (TPSA) is 69.2 Å². The summed E-state index contributed by atoms with van der Waals surface area (Å²) >= 11 is 1.63.